The molecule has 7 aliphatic carbocycles. The van der Waals surface area contributed by atoms with Gasteiger partial charge < -0.3 is 40.7 Å². The summed E-state index contributed by atoms with van der Waals surface area (Å²) in [5.74, 6) is 6.05. The van der Waals surface area contributed by atoms with E-state index in [2.05, 4.69) is 42.3 Å². The molecule has 67 heavy (non-hydrogen) atoms. The number of piperidine rings is 1. The molecule has 0 unspecified atom stereocenters. The molecule has 11 rings (SSSR count). The summed E-state index contributed by atoms with van der Waals surface area (Å²) in [4.78, 5) is 16.1. The molecule has 8 aliphatic rings. The first kappa shape index (κ1) is 45.1. The van der Waals surface area contributed by atoms with Gasteiger partial charge in [-0.3, -0.25) is 4.79 Å². The number of fused-ring (bicyclic) bond motifs is 3. The molecule has 5 fully saturated rings. The molecule has 1 saturated heterocycles. The number of phenolic OH excluding ortho intramolecular Hbond substituents is 3. The number of ether oxygens (including phenoxy) is 1. The Morgan fingerprint density at radius 3 is 2.48 bits per heavy atom. The topological polar surface area (TPSA) is 160 Å². The SMILES string of the molecule is CCCCC[C@H]1C(=O)C[C@@H](c2cc(OC)c(O)cc2CO)[C@@H](Cc2ccccc2)C#C[C@@H]2CN[C@@]34CC[C@]56C[C@@]7(CCC[C@@H]7C=C5CCCO)[C@@H]5C[C@H]6[C@]3(c3cc(O)c(O)cc35)[C@@H]2[C@]1(O)CC4. The number of benzene rings is 3. The number of Topliss-reactive ketones (excluding diaryl/α,β-unsaturated/α-hetero) is 1. The van der Waals surface area contributed by atoms with Crippen molar-refractivity contribution in [1.29, 1.82) is 0 Å². The summed E-state index contributed by atoms with van der Waals surface area (Å²) in [6.07, 6.45) is 16.5. The lowest BCUT2D eigenvalue weighted by Crippen LogP contribution is -2.84. The van der Waals surface area contributed by atoms with Crippen LogP contribution in [-0.4, -0.2) is 67.8 Å². The van der Waals surface area contributed by atoms with E-state index in [-0.39, 0.29) is 82.9 Å². The number of nitrogens with one attached hydrogen (secondary N) is 1. The van der Waals surface area contributed by atoms with Crippen molar-refractivity contribution in [1.82, 2.24) is 5.32 Å². The molecule has 3 aromatic carbocycles. The highest BCUT2D eigenvalue weighted by molar-refractivity contribution is 5.84. The van der Waals surface area contributed by atoms with Gasteiger partial charge in [-0.1, -0.05) is 86.4 Å². The minimum atomic E-state index is -1.45. The number of allylic oxidation sites excluding steroid dienone is 2. The number of phenols is 3. The van der Waals surface area contributed by atoms with Crippen LogP contribution in [-0.2, 0) is 23.2 Å². The molecule has 3 aromatic rings. The molecular formula is C58H71NO8. The maximum Gasteiger partial charge on any atom is 0.160 e. The molecule has 9 nitrogen and oxygen atoms in total. The molecule has 4 saturated carbocycles. The van der Waals surface area contributed by atoms with Gasteiger partial charge in [0.25, 0.3) is 0 Å². The van der Waals surface area contributed by atoms with Crippen LogP contribution in [0.25, 0.3) is 0 Å². The van der Waals surface area contributed by atoms with E-state index in [1.807, 2.05) is 30.3 Å². The molecule has 356 valence electrons. The number of aliphatic hydroxyl groups excluding tert-OH is 2. The van der Waals surface area contributed by atoms with Crippen molar-refractivity contribution in [2.45, 2.75) is 151 Å². The van der Waals surface area contributed by atoms with Gasteiger partial charge in [0.15, 0.2) is 23.0 Å². The Hall–Kier alpha value is -4.33. The van der Waals surface area contributed by atoms with Crippen molar-refractivity contribution in [3.63, 3.8) is 0 Å². The lowest BCUT2D eigenvalue weighted by atomic mass is 9.26. The number of unbranched alkanes of at least 4 members (excludes halogenated alkanes) is 2. The van der Waals surface area contributed by atoms with E-state index in [9.17, 15) is 30.6 Å². The van der Waals surface area contributed by atoms with Gasteiger partial charge in [-0.2, -0.15) is 0 Å². The van der Waals surface area contributed by atoms with Gasteiger partial charge in [0, 0.05) is 60.1 Å². The minimum absolute atomic E-state index is 0.00746. The standard InChI is InChI=1S/C58H71NO8/c1-3-4-6-15-44-47(62)27-41(42-29-51(67-2)50(65)25-38(42)33-61)36(24-35-11-7-5-8-12-35)16-17-37-32-59-56-20-19-55-34-54(18-9-13-39(54)26-40(55)14-10-23-60)45-31-52(55)58(56,53(37)57(44,66)22-21-56)46-30-49(64)48(63)28-43(45)46/h5,7-8,11-12,25-26,28-30,36-37,39,41,44-45,52-53,59-61,63-66H,3-4,6,9-10,13-15,18-24,27,31-34H2,1-2H3/t36-,37-,39-,41-,44+,45-,52-,53+,54-,55+,56-,57+,58-/m1/s1. The quantitative estimate of drug-likeness (QED) is 0.0407. The maximum absolute atomic E-state index is 16.1. The number of carbonyl (C=O) groups excluding carboxylic acids is 1. The Kier molecular flexibility index (Phi) is 11.2. The van der Waals surface area contributed by atoms with Crippen molar-refractivity contribution in [2.75, 3.05) is 20.3 Å². The van der Waals surface area contributed by atoms with E-state index in [1.165, 1.54) is 12.7 Å². The van der Waals surface area contributed by atoms with Crippen LogP contribution >= 0.6 is 0 Å². The Morgan fingerprint density at radius 1 is 0.896 bits per heavy atom. The molecule has 3 spiro atoms. The summed E-state index contributed by atoms with van der Waals surface area (Å²) in [6, 6.07) is 17.4. The van der Waals surface area contributed by atoms with E-state index in [1.54, 1.807) is 12.1 Å². The van der Waals surface area contributed by atoms with E-state index in [0.717, 1.165) is 92.9 Å². The average Bonchev–Trinajstić information content (AvgIpc) is 3.73. The van der Waals surface area contributed by atoms with E-state index in [4.69, 9.17) is 4.74 Å². The predicted octanol–water partition coefficient (Wildman–Crippen LogP) is 9.24. The third-order valence-corrected chi connectivity index (χ3v) is 20.1. The number of hydrogen-bond donors (Lipinski definition) is 7. The number of rotatable bonds is 12. The molecule has 7 N–H and O–H groups in total. The smallest absolute Gasteiger partial charge is 0.160 e. The fourth-order valence-electron chi connectivity index (χ4n) is 17.7. The molecule has 0 radical (unpaired) electrons. The Bertz CT molecular complexity index is 2530. The third-order valence-electron chi connectivity index (χ3n) is 20.1. The first-order valence-electron chi connectivity index (χ1n) is 25.9. The van der Waals surface area contributed by atoms with Crippen LogP contribution in [0.4, 0.5) is 0 Å². The van der Waals surface area contributed by atoms with Crippen molar-refractivity contribution < 1.29 is 40.2 Å². The molecular weight excluding hydrogens is 839 g/mol. The van der Waals surface area contributed by atoms with Crippen molar-refractivity contribution >= 4 is 5.78 Å². The number of aromatic hydroxyl groups is 3. The second kappa shape index (κ2) is 16.7. The summed E-state index contributed by atoms with van der Waals surface area (Å²) in [5, 5.41) is 74.4. The maximum atomic E-state index is 16.1. The van der Waals surface area contributed by atoms with Crippen LogP contribution in [0.1, 0.15) is 149 Å². The van der Waals surface area contributed by atoms with Gasteiger partial charge in [0.2, 0.25) is 0 Å². The highest BCUT2D eigenvalue weighted by atomic mass is 16.5. The fourth-order valence-corrected chi connectivity index (χ4v) is 17.7. The van der Waals surface area contributed by atoms with Crippen LogP contribution in [0.2, 0.25) is 0 Å². The second-order valence-electron chi connectivity index (χ2n) is 22.6. The van der Waals surface area contributed by atoms with Crippen LogP contribution in [0.5, 0.6) is 23.0 Å². The zero-order valence-electron chi connectivity index (χ0n) is 39.5. The first-order valence-corrected chi connectivity index (χ1v) is 25.9. The summed E-state index contributed by atoms with van der Waals surface area (Å²) >= 11 is 0. The van der Waals surface area contributed by atoms with Gasteiger partial charge >= 0.3 is 0 Å². The van der Waals surface area contributed by atoms with Crippen molar-refractivity contribution in [3.05, 3.63) is 94.1 Å². The highest BCUT2D eigenvalue weighted by Gasteiger charge is 2.81. The minimum Gasteiger partial charge on any atom is -0.504 e. The highest BCUT2D eigenvalue weighted by Crippen LogP contribution is 2.83. The summed E-state index contributed by atoms with van der Waals surface area (Å²) in [7, 11) is 1.51. The number of hydrogen-bond acceptors (Lipinski definition) is 9. The summed E-state index contributed by atoms with van der Waals surface area (Å²) < 4.78 is 5.66. The van der Waals surface area contributed by atoms with Crippen LogP contribution < -0.4 is 10.1 Å². The largest absolute Gasteiger partial charge is 0.504 e. The molecule has 1 heterocycles. The zero-order valence-corrected chi connectivity index (χ0v) is 39.5. The molecule has 0 amide bonds. The molecule has 1 aliphatic heterocycles. The normalized spacial score (nSPS) is 38.6. The molecule has 6 bridgehead atoms. The lowest BCUT2D eigenvalue weighted by molar-refractivity contribution is -0.245. The van der Waals surface area contributed by atoms with Gasteiger partial charge in [0.1, 0.15) is 5.78 Å². The van der Waals surface area contributed by atoms with Crippen molar-refractivity contribution in [2.24, 2.45) is 46.3 Å². The number of aliphatic hydroxyl groups is 3. The number of methoxy groups -OCH3 is 1. The van der Waals surface area contributed by atoms with Crippen LogP contribution in [0.3, 0.4) is 0 Å². The van der Waals surface area contributed by atoms with Crippen molar-refractivity contribution in [3.8, 4) is 34.8 Å². The predicted molar refractivity (Wildman–Crippen MR) is 257 cm³/mol. The Labute approximate surface area is 396 Å². The Balaban J connectivity index is 1.18. The van der Waals surface area contributed by atoms with E-state index in [0.29, 0.717) is 50.1 Å². The first-order chi connectivity index (χ1) is 32.4. The second-order valence-corrected chi connectivity index (χ2v) is 22.6. The third kappa shape index (κ3) is 6.37. The molecule has 13 atom stereocenters. The zero-order chi connectivity index (χ0) is 46.5. The monoisotopic (exact) mass is 910 g/mol. The number of carbonyl (C=O) groups is 1. The Morgan fingerprint density at radius 2 is 1.70 bits per heavy atom. The average molecular weight is 910 g/mol. The number of ketones is 1. The van der Waals surface area contributed by atoms with Gasteiger partial charge in [-0.25, -0.2) is 0 Å². The molecule has 9 heteroatoms. The van der Waals surface area contributed by atoms with Gasteiger partial charge in [0.05, 0.1) is 19.3 Å². The van der Waals surface area contributed by atoms with E-state index < -0.39 is 34.3 Å². The molecule has 0 aromatic heterocycles. The lowest BCUT2D eigenvalue weighted by Gasteiger charge is -2.80. The van der Waals surface area contributed by atoms with Crippen LogP contribution in [0, 0.1) is 58.2 Å². The van der Waals surface area contributed by atoms with Gasteiger partial charge in [-0.15, -0.1) is 0 Å². The summed E-state index contributed by atoms with van der Waals surface area (Å²) in [5.41, 5.74) is 3.17. The fraction of sp³-hybridized carbons (Fsp3) is 0.603. The van der Waals surface area contributed by atoms with Crippen LogP contribution in [0.15, 0.2) is 66.2 Å². The van der Waals surface area contributed by atoms with Gasteiger partial charge in [-0.05, 0) is 158 Å². The van der Waals surface area contributed by atoms with E-state index >= 15 is 4.79 Å². The summed E-state index contributed by atoms with van der Waals surface area (Å²) in [6.45, 7) is 2.52.